The average molecular weight is 265 g/mol. The summed E-state index contributed by atoms with van der Waals surface area (Å²) >= 11 is 0. The molecule has 0 fully saturated rings. The van der Waals surface area contributed by atoms with Crippen LogP contribution >= 0.6 is 0 Å². The standard InChI is InChI=1S/3C3H8O.H2O2.V/c3*1-3(2)4;1-2;/h3*3-4H,1-2H3;1-2H;. The van der Waals surface area contributed by atoms with Gasteiger partial charge in [0.05, 0.1) is 0 Å². The minimum absolute atomic E-state index is 0. The van der Waals surface area contributed by atoms with Crippen LogP contribution in [0.1, 0.15) is 41.5 Å². The van der Waals surface area contributed by atoms with E-state index in [1.165, 1.54) is 0 Å². The van der Waals surface area contributed by atoms with Gasteiger partial charge < -0.3 is 15.3 Å². The molecule has 0 aliphatic rings. The minimum Gasteiger partial charge on any atom is -0.394 e. The van der Waals surface area contributed by atoms with Gasteiger partial charge in [0.25, 0.3) is 0 Å². The van der Waals surface area contributed by atoms with Crippen LogP contribution in [-0.4, -0.2) is 44.1 Å². The van der Waals surface area contributed by atoms with Crippen LogP contribution in [0.4, 0.5) is 0 Å². The molecule has 0 aromatic carbocycles. The topological polar surface area (TPSA) is 101 Å². The number of aliphatic hydroxyl groups is 3. The van der Waals surface area contributed by atoms with E-state index in [1.54, 1.807) is 41.5 Å². The van der Waals surface area contributed by atoms with Crippen molar-refractivity contribution in [2.45, 2.75) is 59.9 Å². The predicted molar refractivity (Wildman–Crippen MR) is 57.3 cm³/mol. The molecule has 5 N–H and O–H groups in total. The van der Waals surface area contributed by atoms with Crippen LogP contribution in [0.2, 0.25) is 0 Å². The number of rotatable bonds is 0. The first-order valence-electron chi connectivity index (χ1n) is 4.44. The third-order valence-electron chi connectivity index (χ3n) is 0. The third kappa shape index (κ3) is 14900. The summed E-state index contributed by atoms with van der Waals surface area (Å²) in [7, 11) is 0. The Hall–Kier alpha value is 0.384. The zero-order valence-electron chi connectivity index (χ0n) is 10.4. The quantitative estimate of drug-likeness (QED) is 0.334. The monoisotopic (exact) mass is 265 g/mol. The number of hydrogen-bond donors (Lipinski definition) is 5. The molecule has 0 spiro atoms. The van der Waals surface area contributed by atoms with Crippen molar-refractivity contribution in [2.75, 3.05) is 0 Å². The molecule has 0 atom stereocenters. The predicted octanol–water partition coefficient (Wildman–Crippen LogP) is 1.18. The van der Waals surface area contributed by atoms with Crippen LogP contribution in [0.3, 0.4) is 0 Å². The molecule has 97 valence electrons. The molecular weight excluding hydrogens is 239 g/mol. The second-order valence-electron chi connectivity index (χ2n) is 3.28. The normalized spacial score (nSPS) is 7.60. The molecule has 0 aliphatic heterocycles. The van der Waals surface area contributed by atoms with Gasteiger partial charge in [0.15, 0.2) is 0 Å². The van der Waals surface area contributed by atoms with E-state index in [0.29, 0.717) is 0 Å². The average Bonchev–Trinajstić information content (AvgIpc) is 1.86. The fourth-order valence-corrected chi connectivity index (χ4v) is 0. The maximum Gasteiger partial charge on any atom is 0.0483 e. The smallest absolute Gasteiger partial charge is 0.0483 e. The Balaban J connectivity index is -0.0000000298. The van der Waals surface area contributed by atoms with Crippen LogP contribution in [0.5, 0.6) is 0 Å². The fraction of sp³-hybridized carbons (Fsp3) is 1.00. The second-order valence-corrected chi connectivity index (χ2v) is 3.28. The molecule has 6 heteroatoms. The first kappa shape index (κ1) is 29.5. The van der Waals surface area contributed by atoms with E-state index < -0.39 is 0 Å². The van der Waals surface area contributed by atoms with Crippen molar-refractivity contribution in [3.8, 4) is 0 Å². The summed E-state index contributed by atoms with van der Waals surface area (Å²) in [5, 5.41) is 36.2. The molecule has 0 bridgehead atoms. The van der Waals surface area contributed by atoms with Gasteiger partial charge in [-0.25, -0.2) is 0 Å². The molecule has 0 amide bonds. The number of aliphatic hydroxyl groups excluding tert-OH is 3. The van der Waals surface area contributed by atoms with Crippen LogP contribution in [0.15, 0.2) is 0 Å². The van der Waals surface area contributed by atoms with E-state index in [2.05, 4.69) is 0 Å². The zero-order valence-corrected chi connectivity index (χ0v) is 11.8. The van der Waals surface area contributed by atoms with Crippen molar-refractivity contribution in [1.82, 2.24) is 0 Å². The van der Waals surface area contributed by atoms with E-state index in [9.17, 15) is 0 Å². The van der Waals surface area contributed by atoms with Gasteiger partial charge in [0.1, 0.15) is 0 Å². The summed E-state index contributed by atoms with van der Waals surface area (Å²) in [5.41, 5.74) is 0. The van der Waals surface area contributed by atoms with E-state index in [4.69, 9.17) is 25.8 Å². The van der Waals surface area contributed by atoms with Crippen molar-refractivity contribution in [1.29, 1.82) is 0 Å². The van der Waals surface area contributed by atoms with Crippen molar-refractivity contribution >= 4 is 0 Å². The van der Waals surface area contributed by atoms with Gasteiger partial charge in [-0.2, -0.15) is 0 Å². The molecule has 1 radical (unpaired) electrons. The van der Waals surface area contributed by atoms with Gasteiger partial charge in [-0.15, -0.1) is 0 Å². The number of hydrogen-bond acceptors (Lipinski definition) is 5. The fourth-order valence-electron chi connectivity index (χ4n) is 0. The zero-order chi connectivity index (χ0) is 12.7. The molecule has 0 saturated carbocycles. The first-order valence-corrected chi connectivity index (χ1v) is 4.44. The van der Waals surface area contributed by atoms with Gasteiger partial charge >= 0.3 is 0 Å². The molecule has 0 aromatic rings. The van der Waals surface area contributed by atoms with Gasteiger partial charge in [0.2, 0.25) is 0 Å². The Bertz CT molecular complexity index is 47.0. The Kier molecular flexibility index (Phi) is 57.6. The maximum absolute atomic E-state index is 8.06. The molecule has 5 nitrogen and oxygen atoms in total. The van der Waals surface area contributed by atoms with Gasteiger partial charge in [0, 0.05) is 36.9 Å². The summed E-state index contributed by atoms with van der Waals surface area (Å²) in [4.78, 5) is 0. The molecule has 0 saturated heterocycles. The van der Waals surface area contributed by atoms with Crippen molar-refractivity contribution < 1.29 is 44.4 Å². The summed E-state index contributed by atoms with van der Waals surface area (Å²) in [5.74, 6) is 0. The summed E-state index contributed by atoms with van der Waals surface area (Å²) in [6.45, 7) is 10.3. The van der Waals surface area contributed by atoms with Gasteiger partial charge in [-0.1, -0.05) is 0 Å². The van der Waals surface area contributed by atoms with Crippen LogP contribution in [-0.2, 0) is 18.6 Å². The molecule has 0 aliphatic carbocycles. The van der Waals surface area contributed by atoms with Crippen LogP contribution in [0.25, 0.3) is 0 Å². The molecule has 0 heterocycles. The van der Waals surface area contributed by atoms with Crippen molar-refractivity contribution in [2.24, 2.45) is 0 Å². The van der Waals surface area contributed by atoms with E-state index in [1.807, 2.05) is 0 Å². The summed E-state index contributed by atoms with van der Waals surface area (Å²) < 4.78 is 0. The van der Waals surface area contributed by atoms with Gasteiger partial charge in [-0.3, -0.25) is 10.5 Å². The van der Waals surface area contributed by atoms with Crippen molar-refractivity contribution in [3.05, 3.63) is 0 Å². The molecule has 0 unspecified atom stereocenters. The Morgan fingerprint density at radius 1 is 0.533 bits per heavy atom. The van der Waals surface area contributed by atoms with Crippen molar-refractivity contribution in [3.63, 3.8) is 0 Å². The first-order chi connectivity index (χ1) is 6.20. The van der Waals surface area contributed by atoms with E-state index in [-0.39, 0.29) is 36.9 Å². The molecule has 0 aromatic heterocycles. The summed E-state index contributed by atoms with van der Waals surface area (Å²) in [6.07, 6.45) is -0.500. The van der Waals surface area contributed by atoms with Crippen LogP contribution in [0, 0.1) is 0 Å². The summed E-state index contributed by atoms with van der Waals surface area (Å²) in [6, 6.07) is 0. The second kappa shape index (κ2) is 29.3. The largest absolute Gasteiger partial charge is 0.394 e. The molecule has 0 rings (SSSR count). The SMILES string of the molecule is CC(C)O.CC(C)O.CC(C)O.OO.[V]. The third-order valence-corrected chi connectivity index (χ3v) is 0. The Morgan fingerprint density at radius 3 is 0.533 bits per heavy atom. The molecule has 15 heavy (non-hydrogen) atoms. The molecular formula is C9H26O5V. The van der Waals surface area contributed by atoms with E-state index >= 15 is 0 Å². The Morgan fingerprint density at radius 2 is 0.533 bits per heavy atom. The Labute approximate surface area is 105 Å². The van der Waals surface area contributed by atoms with E-state index in [0.717, 1.165) is 0 Å². The maximum atomic E-state index is 8.06. The minimum atomic E-state index is -0.167. The van der Waals surface area contributed by atoms with Gasteiger partial charge in [-0.05, 0) is 41.5 Å². The van der Waals surface area contributed by atoms with Crippen LogP contribution < -0.4 is 0 Å².